The van der Waals surface area contributed by atoms with E-state index < -0.39 is 21.8 Å². The molecule has 2 heterocycles. The fourth-order valence-corrected chi connectivity index (χ4v) is 5.96. The Morgan fingerprint density at radius 2 is 2.11 bits per heavy atom. The van der Waals surface area contributed by atoms with Crippen LogP contribution in [-0.4, -0.2) is 47.7 Å². The summed E-state index contributed by atoms with van der Waals surface area (Å²) in [5, 5.41) is 11.1. The number of amides is 1. The lowest BCUT2D eigenvalue weighted by molar-refractivity contribution is -0.120. The van der Waals surface area contributed by atoms with Crippen LogP contribution in [0.4, 0.5) is 9.52 Å². The molecule has 2 aromatic rings. The molecule has 3 rings (SSSR count). The summed E-state index contributed by atoms with van der Waals surface area (Å²) in [6, 6.07) is 4.70. The van der Waals surface area contributed by atoms with Gasteiger partial charge >= 0.3 is 0 Å². The number of hydrogen-bond acceptors (Lipinski definition) is 7. The lowest BCUT2D eigenvalue weighted by atomic mass is 9.99. The van der Waals surface area contributed by atoms with E-state index in [1.54, 1.807) is 11.8 Å². The van der Waals surface area contributed by atoms with Crippen molar-refractivity contribution < 1.29 is 17.6 Å². The molecule has 1 atom stereocenters. The number of nitrogens with zero attached hydrogens (tertiary/aromatic N) is 3. The minimum Gasteiger partial charge on any atom is -0.300 e. The second-order valence-corrected chi connectivity index (χ2v) is 10.4. The molecule has 1 aromatic carbocycles. The van der Waals surface area contributed by atoms with Gasteiger partial charge in [0.05, 0.1) is 10.8 Å². The maximum Gasteiger partial charge on any atom is 0.243 e. The summed E-state index contributed by atoms with van der Waals surface area (Å²) in [5.74, 6) is -0.373. The fourth-order valence-electron chi connectivity index (χ4n) is 2.78. The largest absolute Gasteiger partial charge is 0.300 e. The van der Waals surface area contributed by atoms with Gasteiger partial charge in [-0.1, -0.05) is 30.0 Å². The quantitative estimate of drug-likeness (QED) is 0.560. The third-order valence-corrected chi connectivity index (χ3v) is 7.84. The van der Waals surface area contributed by atoms with Gasteiger partial charge in [0.1, 0.15) is 5.82 Å². The molecule has 1 aliphatic heterocycles. The average Bonchev–Trinajstić information content (AvgIpc) is 3.09. The van der Waals surface area contributed by atoms with Gasteiger partial charge in [0, 0.05) is 13.1 Å². The predicted molar refractivity (Wildman–Crippen MR) is 103 cm³/mol. The molecule has 11 heteroatoms. The van der Waals surface area contributed by atoms with E-state index in [9.17, 15) is 17.6 Å². The monoisotopic (exact) mass is 430 g/mol. The Hall–Kier alpha value is -1.56. The summed E-state index contributed by atoms with van der Waals surface area (Å²) in [5.41, 5.74) is 0. The zero-order valence-electron chi connectivity index (χ0n) is 14.6. The van der Waals surface area contributed by atoms with Crippen LogP contribution in [0.25, 0.3) is 0 Å². The molecule has 0 spiro atoms. The summed E-state index contributed by atoms with van der Waals surface area (Å²) < 4.78 is 40.6. The standard InChI is InChI=1S/C16H19FN4O3S3/c1-2-25-16-20-19-15(26-16)18-14(22)11-4-3-9-21(10-11)27(23,24)13-7-5-12(17)6-8-13/h5-8,11H,2-4,9-10H2,1H3,(H,18,19,22)/t11-/m1/s1. The molecule has 0 bridgehead atoms. The Balaban J connectivity index is 1.67. The van der Waals surface area contributed by atoms with Gasteiger partial charge in [-0.2, -0.15) is 4.31 Å². The Labute approximate surface area is 165 Å². The number of nitrogens with one attached hydrogen (secondary N) is 1. The molecular formula is C16H19FN4O3S3. The normalized spacial score (nSPS) is 18.4. The van der Waals surface area contributed by atoms with Crippen molar-refractivity contribution in [2.75, 3.05) is 24.2 Å². The van der Waals surface area contributed by atoms with Gasteiger partial charge in [-0.15, -0.1) is 10.2 Å². The third kappa shape index (κ3) is 4.84. The van der Waals surface area contributed by atoms with Crippen LogP contribution in [0.15, 0.2) is 33.5 Å². The van der Waals surface area contributed by atoms with Crippen molar-refractivity contribution in [1.82, 2.24) is 14.5 Å². The second-order valence-electron chi connectivity index (χ2n) is 5.95. The number of thioether (sulfide) groups is 1. The van der Waals surface area contributed by atoms with Crippen molar-refractivity contribution in [2.45, 2.75) is 29.0 Å². The van der Waals surface area contributed by atoms with Gasteiger partial charge in [0.25, 0.3) is 0 Å². The molecule has 0 aliphatic carbocycles. The van der Waals surface area contributed by atoms with Crippen LogP contribution in [0, 0.1) is 11.7 Å². The minimum atomic E-state index is -3.76. The van der Waals surface area contributed by atoms with Crippen molar-refractivity contribution in [1.29, 1.82) is 0 Å². The van der Waals surface area contributed by atoms with Crippen LogP contribution in [0.2, 0.25) is 0 Å². The average molecular weight is 431 g/mol. The van der Waals surface area contributed by atoms with E-state index in [1.807, 2.05) is 6.92 Å². The maximum absolute atomic E-state index is 13.1. The van der Waals surface area contributed by atoms with Crippen LogP contribution in [-0.2, 0) is 14.8 Å². The first-order valence-electron chi connectivity index (χ1n) is 8.43. The summed E-state index contributed by atoms with van der Waals surface area (Å²) >= 11 is 2.84. The number of sulfonamides is 1. The van der Waals surface area contributed by atoms with Crippen molar-refractivity contribution in [3.63, 3.8) is 0 Å². The molecule has 0 radical (unpaired) electrons. The van der Waals surface area contributed by atoms with E-state index in [2.05, 4.69) is 15.5 Å². The first-order chi connectivity index (χ1) is 12.9. The van der Waals surface area contributed by atoms with Crippen LogP contribution in [0.1, 0.15) is 19.8 Å². The number of benzene rings is 1. The molecular weight excluding hydrogens is 411 g/mol. The zero-order chi connectivity index (χ0) is 19.4. The van der Waals surface area contributed by atoms with Crippen molar-refractivity contribution in [3.05, 3.63) is 30.1 Å². The Morgan fingerprint density at radius 1 is 1.37 bits per heavy atom. The molecule has 27 heavy (non-hydrogen) atoms. The Kier molecular flexibility index (Phi) is 6.45. The summed E-state index contributed by atoms with van der Waals surface area (Å²) in [4.78, 5) is 12.6. The highest BCUT2D eigenvalue weighted by molar-refractivity contribution is 8.01. The lowest BCUT2D eigenvalue weighted by Crippen LogP contribution is -2.43. The van der Waals surface area contributed by atoms with Gasteiger partial charge in [-0.25, -0.2) is 12.8 Å². The lowest BCUT2D eigenvalue weighted by Gasteiger charge is -2.31. The second kappa shape index (κ2) is 8.63. The summed E-state index contributed by atoms with van der Waals surface area (Å²) in [7, 11) is -3.76. The fraction of sp³-hybridized carbons (Fsp3) is 0.438. The predicted octanol–water partition coefficient (Wildman–Crippen LogP) is 2.83. The summed E-state index contributed by atoms with van der Waals surface area (Å²) in [6.07, 6.45) is 1.17. The molecule has 1 saturated heterocycles. The molecule has 0 unspecified atom stereocenters. The number of piperidine rings is 1. The number of aromatic nitrogens is 2. The van der Waals surface area contributed by atoms with Crippen LogP contribution in [0.5, 0.6) is 0 Å². The van der Waals surface area contributed by atoms with Gasteiger partial charge in [0.15, 0.2) is 4.34 Å². The van der Waals surface area contributed by atoms with Gasteiger partial charge in [0.2, 0.25) is 21.1 Å². The van der Waals surface area contributed by atoms with Gasteiger partial charge in [-0.05, 0) is 42.9 Å². The smallest absolute Gasteiger partial charge is 0.243 e. The Morgan fingerprint density at radius 3 is 2.81 bits per heavy atom. The zero-order valence-corrected chi connectivity index (χ0v) is 17.0. The third-order valence-electron chi connectivity index (χ3n) is 4.11. The number of carbonyl (C=O) groups excluding carboxylic acids is 1. The van der Waals surface area contributed by atoms with E-state index in [-0.39, 0.29) is 17.3 Å². The summed E-state index contributed by atoms with van der Waals surface area (Å²) in [6.45, 7) is 2.42. The van der Waals surface area contributed by atoms with E-state index in [4.69, 9.17) is 0 Å². The van der Waals surface area contributed by atoms with E-state index in [1.165, 1.54) is 27.8 Å². The number of hydrogen-bond donors (Lipinski definition) is 1. The van der Waals surface area contributed by atoms with Crippen molar-refractivity contribution in [3.8, 4) is 0 Å². The number of carbonyl (C=O) groups is 1. The topological polar surface area (TPSA) is 92.3 Å². The minimum absolute atomic E-state index is 0.0234. The van der Waals surface area contributed by atoms with Gasteiger partial charge in [-0.3, -0.25) is 4.79 Å². The molecule has 146 valence electrons. The molecule has 0 saturated carbocycles. The molecule has 1 aliphatic rings. The number of anilines is 1. The number of halogens is 1. The first kappa shape index (κ1) is 20.2. The van der Waals surface area contributed by atoms with Crippen LogP contribution in [0.3, 0.4) is 0 Å². The SMILES string of the molecule is CCSc1nnc(NC(=O)[C@@H]2CCCN(S(=O)(=O)c3ccc(F)cc3)C2)s1. The van der Waals surface area contributed by atoms with E-state index in [0.29, 0.717) is 24.5 Å². The van der Waals surface area contributed by atoms with E-state index >= 15 is 0 Å². The highest BCUT2D eigenvalue weighted by Gasteiger charge is 2.33. The van der Waals surface area contributed by atoms with Gasteiger partial charge < -0.3 is 5.32 Å². The first-order valence-corrected chi connectivity index (χ1v) is 11.7. The Bertz CT molecular complexity index is 902. The van der Waals surface area contributed by atoms with Crippen LogP contribution < -0.4 is 5.32 Å². The molecule has 1 amide bonds. The number of rotatable bonds is 6. The molecule has 1 aromatic heterocycles. The highest BCUT2D eigenvalue weighted by Crippen LogP contribution is 2.27. The van der Waals surface area contributed by atoms with Crippen molar-refractivity contribution >= 4 is 44.2 Å². The molecule has 1 fully saturated rings. The van der Waals surface area contributed by atoms with Crippen molar-refractivity contribution in [2.24, 2.45) is 5.92 Å². The highest BCUT2D eigenvalue weighted by atomic mass is 32.2. The van der Waals surface area contributed by atoms with E-state index in [0.717, 1.165) is 22.2 Å². The molecule has 1 N–H and O–H groups in total. The molecule has 7 nitrogen and oxygen atoms in total. The van der Waals surface area contributed by atoms with Crippen LogP contribution >= 0.6 is 23.1 Å². The maximum atomic E-state index is 13.1.